The van der Waals surface area contributed by atoms with Crippen LogP contribution in [0.25, 0.3) is 0 Å². The summed E-state index contributed by atoms with van der Waals surface area (Å²) >= 11 is 0. The molecule has 8 nitrogen and oxygen atoms in total. The van der Waals surface area contributed by atoms with Crippen LogP contribution in [-0.2, 0) is 10.0 Å². The molecule has 2 aromatic rings. The van der Waals surface area contributed by atoms with Gasteiger partial charge in [0.15, 0.2) is 11.5 Å². The number of aromatic hydroxyl groups is 1. The van der Waals surface area contributed by atoms with Gasteiger partial charge in [0.2, 0.25) is 10.0 Å². The molecule has 0 atom stereocenters. The van der Waals surface area contributed by atoms with Crippen molar-refractivity contribution < 1.29 is 27.8 Å². The summed E-state index contributed by atoms with van der Waals surface area (Å²) in [4.78, 5) is 12.4. The lowest BCUT2D eigenvalue weighted by Crippen LogP contribution is -2.14. The van der Waals surface area contributed by atoms with E-state index in [9.17, 15) is 18.3 Å². The number of rotatable bonds is 6. The Kier molecular flexibility index (Phi) is 5.38. The first-order chi connectivity index (χ1) is 11.7. The molecule has 2 rings (SSSR count). The fourth-order valence-corrected chi connectivity index (χ4v) is 2.64. The van der Waals surface area contributed by atoms with Crippen molar-refractivity contribution in [3.63, 3.8) is 0 Å². The van der Waals surface area contributed by atoms with Gasteiger partial charge in [0.1, 0.15) is 5.75 Å². The molecule has 0 fully saturated rings. The number of anilines is 2. The molecule has 134 valence electrons. The Morgan fingerprint density at radius 2 is 1.72 bits per heavy atom. The van der Waals surface area contributed by atoms with E-state index in [0.29, 0.717) is 17.2 Å². The number of ether oxygens (including phenoxy) is 2. The van der Waals surface area contributed by atoms with Gasteiger partial charge in [0.05, 0.1) is 26.2 Å². The van der Waals surface area contributed by atoms with Crippen molar-refractivity contribution in [3.05, 3.63) is 42.0 Å². The lowest BCUT2D eigenvalue weighted by atomic mass is 10.1. The van der Waals surface area contributed by atoms with E-state index in [1.807, 2.05) is 0 Å². The number of phenols is 1. The van der Waals surface area contributed by atoms with Gasteiger partial charge in [0, 0.05) is 17.3 Å². The fraction of sp³-hybridized carbons (Fsp3) is 0.188. The van der Waals surface area contributed by atoms with Crippen molar-refractivity contribution in [2.45, 2.75) is 0 Å². The van der Waals surface area contributed by atoms with Gasteiger partial charge in [-0.3, -0.25) is 9.52 Å². The van der Waals surface area contributed by atoms with E-state index in [1.54, 1.807) is 18.2 Å². The molecule has 0 aromatic heterocycles. The average molecular weight is 366 g/mol. The van der Waals surface area contributed by atoms with Gasteiger partial charge in [-0.1, -0.05) is 0 Å². The van der Waals surface area contributed by atoms with Crippen LogP contribution >= 0.6 is 0 Å². The molecule has 0 aliphatic rings. The molecular weight excluding hydrogens is 348 g/mol. The fourth-order valence-electron chi connectivity index (χ4n) is 2.08. The molecule has 0 radical (unpaired) electrons. The Morgan fingerprint density at radius 1 is 1.04 bits per heavy atom. The summed E-state index contributed by atoms with van der Waals surface area (Å²) in [7, 11) is -0.608. The maximum absolute atomic E-state index is 12.4. The third-order valence-corrected chi connectivity index (χ3v) is 3.79. The Balaban J connectivity index is 2.25. The lowest BCUT2D eigenvalue weighted by molar-refractivity contribution is 0.102. The van der Waals surface area contributed by atoms with Gasteiger partial charge >= 0.3 is 0 Å². The molecule has 9 heteroatoms. The number of carbonyl (C=O) groups excluding carboxylic acids is 1. The number of nitrogens with one attached hydrogen (secondary N) is 2. The van der Waals surface area contributed by atoms with Gasteiger partial charge < -0.3 is 19.9 Å². The SMILES string of the molecule is COc1ccc(NC(=O)c2ccc(O)c(NS(C)(=O)=O)c2)cc1OC. The quantitative estimate of drug-likeness (QED) is 0.674. The van der Waals surface area contributed by atoms with E-state index in [1.165, 1.54) is 32.4 Å². The summed E-state index contributed by atoms with van der Waals surface area (Å²) in [5.74, 6) is 0.201. The molecule has 3 N–H and O–H groups in total. The molecular formula is C16H18N2O6S. The molecule has 0 unspecified atom stereocenters. The van der Waals surface area contributed by atoms with Crippen LogP contribution in [0.5, 0.6) is 17.2 Å². The zero-order valence-electron chi connectivity index (χ0n) is 13.9. The standard InChI is InChI=1S/C16H18N2O6S/c1-23-14-7-5-11(9-15(14)24-2)17-16(20)10-4-6-13(19)12(8-10)18-25(3,21)22/h4-9,18-19H,1-3H3,(H,17,20). The van der Waals surface area contributed by atoms with Gasteiger partial charge in [-0.2, -0.15) is 0 Å². The molecule has 0 aliphatic heterocycles. The average Bonchev–Trinajstić information content (AvgIpc) is 2.55. The van der Waals surface area contributed by atoms with Crippen LogP contribution in [0.1, 0.15) is 10.4 Å². The Morgan fingerprint density at radius 3 is 2.32 bits per heavy atom. The molecule has 25 heavy (non-hydrogen) atoms. The predicted molar refractivity (Wildman–Crippen MR) is 94.1 cm³/mol. The number of methoxy groups -OCH3 is 2. The smallest absolute Gasteiger partial charge is 0.255 e. The van der Waals surface area contributed by atoms with Crippen LogP contribution in [0.3, 0.4) is 0 Å². The van der Waals surface area contributed by atoms with Crippen LogP contribution in [-0.4, -0.2) is 39.9 Å². The summed E-state index contributed by atoms with van der Waals surface area (Å²) in [5, 5.41) is 12.4. The molecule has 1 amide bonds. The zero-order chi connectivity index (χ0) is 18.6. The van der Waals surface area contributed by atoms with Crippen LogP contribution in [0.4, 0.5) is 11.4 Å². The third kappa shape index (κ3) is 4.77. The predicted octanol–water partition coefficient (Wildman–Crippen LogP) is 2.03. The monoisotopic (exact) mass is 366 g/mol. The first-order valence-electron chi connectivity index (χ1n) is 7.07. The first kappa shape index (κ1) is 18.4. The van der Waals surface area contributed by atoms with E-state index in [2.05, 4.69) is 10.0 Å². The largest absolute Gasteiger partial charge is 0.506 e. The molecule has 0 saturated carbocycles. The summed E-state index contributed by atoms with van der Waals surface area (Å²) in [5.41, 5.74) is 0.551. The van der Waals surface area contributed by atoms with Crippen molar-refractivity contribution in [1.29, 1.82) is 0 Å². The van der Waals surface area contributed by atoms with E-state index in [-0.39, 0.29) is 17.0 Å². The van der Waals surface area contributed by atoms with Gasteiger partial charge in [-0.25, -0.2) is 8.42 Å². The Labute approximate surface area is 145 Å². The van der Waals surface area contributed by atoms with Crippen molar-refractivity contribution in [1.82, 2.24) is 0 Å². The van der Waals surface area contributed by atoms with Crippen molar-refractivity contribution in [3.8, 4) is 17.2 Å². The number of hydrogen-bond acceptors (Lipinski definition) is 6. The number of sulfonamides is 1. The summed E-state index contributed by atoms with van der Waals surface area (Å²) in [6.45, 7) is 0. The second-order valence-electron chi connectivity index (χ2n) is 5.13. The summed E-state index contributed by atoms with van der Waals surface area (Å²) < 4.78 is 35.1. The van der Waals surface area contributed by atoms with Crippen LogP contribution in [0.15, 0.2) is 36.4 Å². The zero-order valence-corrected chi connectivity index (χ0v) is 14.7. The summed E-state index contributed by atoms with van der Waals surface area (Å²) in [6.07, 6.45) is 0.947. The maximum atomic E-state index is 12.4. The highest BCUT2D eigenvalue weighted by Crippen LogP contribution is 2.30. The second-order valence-corrected chi connectivity index (χ2v) is 6.88. The van der Waals surface area contributed by atoms with E-state index in [4.69, 9.17) is 9.47 Å². The first-order valence-corrected chi connectivity index (χ1v) is 8.97. The highest BCUT2D eigenvalue weighted by Gasteiger charge is 2.13. The number of phenolic OH excluding ortho intramolecular Hbond substituents is 1. The van der Waals surface area contributed by atoms with Crippen LogP contribution < -0.4 is 19.5 Å². The van der Waals surface area contributed by atoms with Crippen molar-refractivity contribution >= 4 is 27.3 Å². The Bertz CT molecular complexity index is 895. The van der Waals surface area contributed by atoms with Crippen molar-refractivity contribution in [2.75, 3.05) is 30.5 Å². The maximum Gasteiger partial charge on any atom is 0.255 e. The number of hydrogen-bond donors (Lipinski definition) is 3. The lowest BCUT2D eigenvalue weighted by Gasteiger charge is -2.12. The number of amides is 1. The molecule has 0 aliphatic carbocycles. The molecule has 0 heterocycles. The van der Waals surface area contributed by atoms with Crippen LogP contribution in [0.2, 0.25) is 0 Å². The molecule has 0 bridgehead atoms. The second kappa shape index (κ2) is 7.31. The van der Waals surface area contributed by atoms with Gasteiger partial charge in [-0.15, -0.1) is 0 Å². The minimum absolute atomic E-state index is 0.0811. The number of carbonyl (C=O) groups is 1. The Hall–Kier alpha value is -2.94. The molecule has 0 spiro atoms. The minimum atomic E-state index is -3.59. The van der Waals surface area contributed by atoms with E-state index in [0.717, 1.165) is 6.26 Å². The van der Waals surface area contributed by atoms with Crippen LogP contribution in [0, 0.1) is 0 Å². The highest BCUT2D eigenvalue weighted by atomic mass is 32.2. The normalized spacial score (nSPS) is 10.8. The summed E-state index contributed by atoms with van der Waals surface area (Å²) in [6, 6.07) is 8.71. The minimum Gasteiger partial charge on any atom is -0.506 e. The topological polar surface area (TPSA) is 114 Å². The van der Waals surface area contributed by atoms with Crippen molar-refractivity contribution in [2.24, 2.45) is 0 Å². The number of benzene rings is 2. The van der Waals surface area contributed by atoms with Gasteiger partial charge in [0.25, 0.3) is 5.91 Å². The van der Waals surface area contributed by atoms with E-state index < -0.39 is 15.9 Å². The van der Waals surface area contributed by atoms with E-state index >= 15 is 0 Å². The van der Waals surface area contributed by atoms with Gasteiger partial charge in [-0.05, 0) is 30.3 Å². The highest BCUT2D eigenvalue weighted by molar-refractivity contribution is 7.92. The molecule has 2 aromatic carbocycles. The molecule has 0 saturated heterocycles. The third-order valence-electron chi connectivity index (χ3n) is 3.20.